The Labute approximate surface area is 230 Å². The van der Waals surface area contributed by atoms with Crippen LogP contribution in [0.3, 0.4) is 0 Å². The molecule has 2 aliphatic rings. The number of allylic oxidation sites excluding steroid dienone is 2. The number of aryl methyl sites for hydroxylation is 1. The van der Waals surface area contributed by atoms with Crippen molar-refractivity contribution < 1.29 is 0 Å². The standard InChI is InChI=1S/C33H29N5S/c1-16(2)27-13-24-20-7-6-19-12-28(39-32(19)22(20)9-10-26(24)36-27)18-5-8-21-23(11-18)25-14-34-15-35-29(25)31-30(21)37-33(38-31)17(3)4/h5-8,11-12,14-17H,9-10,13H2,1-4H3,(H,37,38). The lowest BCUT2D eigenvalue weighted by molar-refractivity contribution is 0.799. The summed E-state index contributed by atoms with van der Waals surface area (Å²) >= 11 is 1.92. The monoisotopic (exact) mass is 527 g/mol. The molecule has 3 aromatic carbocycles. The lowest BCUT2D eigenvalue weighted by Gasteiger charge is -2.18. The van der Waals surface area contributed by atoms with Crippen LogP contribution in [0.4, 0.5) is 0 Å². The molecule has 0 radical (unpaired) electrons. The number of benzene rings is 3. The summed E-state index contributed by atoms with van der Waals surface area (Å²) in [5.74, 6) is 1.81. The summed E-state index contributed by atoms with van der Waals surface area (Å²) in [6, 6.07) is 13.8. The lowest BCUT2D eigenvalue weighted by Crippen LogP contribution is -2.05. The Morgan fingerprint density at radius 1 is 0.897 bits per heavy atom. The van der Waals surface area contributed by atoms with Gasteiger partial charge in [-0.1, -0.05) is 52.0 Å². The van der Waals surface area contributed by atoms with Crippen molar-refractivity contribution in [3.63, 3.8) is 0 Å². The van der Waals surface area contributed by atoms with Gasteiger partial charge >= 0.3 is 0 Å². The van der Waals surface area contributed by atoms with Crippen molar-refractivity contribution >= 4 is 65.4 Å². The Morgan fingerprint density at radius 3 is 2.64 bits per heavy atom. The molecule has 0 unspecified atom stereocenters. The van der Waals surface area contributed by atoms with E-state index in [9.17, 15) is 0 Å². The second kappa shape index (κ2) is 8.30. The number of aromatic amines is 1. The normalized spacial score (nSPS) is 15.4. The van der Waals surface area contributed by atoms with Gasteiger partial charge in [-0.25, -0.2) is 15.0 Å². The molecule has 0 bridgehead atoms. The highest BCUT2D eigenvalue weighted by Crippen LogP contribution is 2.46. The van der Waals surface area contributed by atoms with Gasteiger partial charge in [0.25, 0.3) is 0 Å². The molecule has 1 aliphatic heterocycles. The van der Waals surface area contributed by atoms with Crippen LogP contribution in [0.5, 0.6) is 0 Å². The zero-order valence-electron chi connectivity index (χ0n) is 22.6. The number of aromatic nitrogens is 4. The highest BCUT2D eigenvalue weighted by atomic mass is 32.1. The predicted molar refractivity (Wildman–Crippen MR) is 164 cm³/mol. The van der Waals surface area contributed by atoms with Crippen LogP contribution in [0.15, 0.2) is 59.6 Å². The molecular weight excluding hydrogens is 498 g/mol. The number of nitrogens with zero attached hydrogens (tertiary/aromatic N) is 4. The van der Waals surface area contributed by atoms with E-state index in [2.05, 4.69) is 79.0 Å². The fourth-order valence-corrected chi connectivity index (χ4v) is 7.55. The third kappa shape index (κ3) is 3.37. The first kappa shape index (κ1) is 23.0. The number of fused-ring (bicyclic) bond motifs is 10. The summed E-state index contributed by atoms with van der Waals surface area (Å²) in [6.45, 7) is 8.84. The molecule has 4 heterocycles. The van der Waals surface area contributed by atoms with Crippen LogP contribution in [0.1, 0.15) is 63.4 Å². The van der Waals surface area contributed by atoms with Crippen molar-refractivity contribution in [3.05, 3.63) is 71.6 Å². The van der Waals surface area contributed by atoms with Crippen molar-refractivity contribution in [1.29, 1.82) is 0 Å². The first-order chi connectivity index (χ1) is 19.0. The summed E-state index contributed by atoms with van der Waals surface area (Å²) in [4.78, 5) is 23.9. The van der Waals surface area contributed by atoms with Gasteiger partial charge in [-0.2, -0.15) is 0 Å². The number of hydrogen-bond donors (Lipinski definition) is 1. The molecule has 8 rings (SSSR count). The Bertz CT molecular complexity index is 2050. The molecule has 0 spiro atoms. The molecule has 5 nitrogen and oxygen atoms in total. The zero-order valence-corrected chi connectivity index (χ0v) is 23.4. The second-order valence-electron chi connectivity index (χ2n) is 11.5. The number of thiophene rings is 1. The Kier molecular flexibility index (Phi) is 4.90. The molecular formula is C33H29N5S. The van der Waals surface area contributed by atoms with E-state index in [4.69, 9.17) is 9.98 Å². The van der Waals surface area contributed by atoms with Crippen LogP contribution in [0, 0.1) is 5.92 Å². The van der Waals surface area contributed by atoms with Gasteiger partial charge in [-0.3, -0.25) is 4.99 Å². The van der Waals surface area contributed by atoms with Crippen LogP contribution in [0.2, 0.25) is 0 Å². The lowest BCUT2D eigenvalue weighted by atomic mass is 9.86. The third-order valence-electron chi connectivity index (χ3n) is 8.45. The topological polar surface area (TPSA) is 66.8 Å². The zero-order chi connectivity index (χ0) is 26.4. The van der Waals surface area contributed by atoms with Crippen LogP contribution >= 0.6 is 11.3 Å². The molecule has 0 saturated heterocycles. The maximum Gasteiger partial charge on any atom is 0.116 e. The van der Waals surface area contributed by atoms with Crippen molar-refractivity contribution in [2.24, 2.45) is 10.9 Å². The van der Waals surface area contributed by atoms with Crippen LogP contribution in [0.25, 0.3) is 58.8 Å². The average Bonchev–Trinajstić information content (AvgIpc) is 3.69. The minimum atomic E-state index is 0.313. The molecule has 0 saturated carbocycles. The largest absolute Gasteiger partial charge is 0.340 e. The fourth-order valence-electron chi connectivity index (χ4n) is 6.32. The van der Waals surface area contributed by atoms with Crippen molar-refractivity contribution in [3.8, 4) is 10.4 Å². The van der Waals surface area contributed by atoms with E-state index < -0.39 is 0 Å². The summed E-state index contributed by atoms with van der Waals surface area (Å²) in [5, 5.41) is 4.68. The summed E-state index contributed by atoms with van der Waals surface area (Å²) < 4.78 is 1.42. The first-order valence-corrected chi connectivity index (χ1v) is 14.7. The molecule has 0 atom stereocenters. The van der Waals surface area contributed by atoms with E-state index in [1.807, 2.05) is 17.5 Å². The van der Waals surface area contributed by atoms with Crippen LogP contribution in [-0.4, -0.2) is 25.6 Å². The van der Waals surface area contributed by atoms with E-state index in [0.717, 1.165) is 57.8 Å². The summed E-state index contributed by atoms with van der Waals surface area (Å²) in [5.41, 5.74) is 11.2. The molecule has 1 N–H and O–H groups in total. The van der Waals surface area contributed by atoms with Gasteiger partial charge in [0.15, 0.2) is 0 Å². The average molecular weight is 528 g/mol. The summed E-state index contributed by atoms with van der Waals surface area (Å²) in [6.07, 6.45) is 6.68. The van der Waals surface area contributed by atoms with Crippen molar-refractivity contribution in [1.82, 2.24) is 19.9 Å². The first-order valence-electron chi connectivity index (χ1n) is 13.9. The minimum absolute atomic E-state index is 0.313. The third-order valence-corrected chi connectivity index (χ3v) is 9.70. The maximum atomic E-state index is 5.01. The smallest absolute Gasteiger partial charge is 0.116 e. The van der Waals surface area contributed by atoms with E-state index in [0.29, 0.717) is 11.8 Å². The van der Waals surface area contributed by atoms with Crippen molar-refractivity contribution in [2.75, 3.05) is 0 Å². The van der Waals surface area contributed by atoms with Crippen LogP contribution < -0.4 is 0 Å². The van der Waals surface area contributed by atoms with Gasteiger partial charge in [0.2, 0.25) is 0 Å². The van der Waals surface area contributed by atoms with Crippen LogP contribution in [-0.2, 0) is 6.42 Å². The number of imidazole rings is 1. The quantitative estimate of drug-likeness (QED) is 0.234. The van der Waals surface area contributed by atoms with E-state index in [1.54, 1.807) is 6.33 Å². The number of rotatable bonds is 3. The predicted octanol–water partition coefficient (Wildman–Crippen LogP) is 8.82. The Hall–Kier alpha value is -3.90. The van der Waals surface area contributed by atoms with Gasteiger partial charge in [0.1, 0.15) is 12.2 Å². The molecule has 6 aromatic rings. The highest BCUT2D eigenvalue weighted by molar-refractivity contribution is 7.22. The molecule has 3 aromatic heterocycles. The molecule has 192 valence electrons. The number of aliphatic imine (C=N–C) groups is 1. The molecule has 6 heteroatoms. The maximum absolute atomic E-state index is 5.01. The van der Waals surface area contributed by atoms with E-state index >= 15 is 0 Å². The number of hydrogen-bond acceptors (Lipinski definition) is 5. The molecule has 0 fully saturated rings. The minimum Gasteiger partial charge on any atom is -0.340 e. The van der Waals surface area contributed by atoms with Gasteiger partial charge in [-0.15, -0.1) is 11.3 Å². The van der Waals surface area contributed by atoms with Gasteiger partial charge in [0.05, 0.1) is 16.6 Å². The number of H-pyrrole nitrogens is 1. The molecule has 0 amide bonds. The SMILES string of the molecule is CC(C)C1=NC2=C(C1)c1ccc3cc(-c4ccc5c(c4)c4cncnc4c4[nH]c(C(C)C)nc54)sc3c1CC2. The van der Waals surface area contributed by atoms with Crippen molar-refractivity contribution in [2.45, 2.75) is 52.9 Å². The van der Waals surface area contributed by atoms with E-state index in [-0.39, 0.29) is 0 Å². The van der Waals surface area contributed by atoms with E-state index in [1.165, 1.54) is 48.6 Å². The Balaban J connectivity index is 1.29. The molecule has 39 heavy (non-hydrogen) atoms. The Morgan fingerprint density at radius 2 is 1.79 bits per heavy atom. The fraction of sp³-hybridized carbons (Fsp3) is 0.273. The number of nitrogens with one attached hydrogen (secondary N) is 1. The van der Waals surface area contributed by atoms with Gasteiger partial charge in [-0.05, 0) is 63.9 Å². The van der Waals surface area contributed by atoms with Gasteiger partial charge < -0.3 is 4.98 Å². The highest BCUT2D eigenvalue weighted by Gasteiger charge is 2.28. The molecule has 1 aliphatic carbocycles. The van der Waals surface area contributed by atoms with Gasteiger partial charge in [0, 0.05) is 50.3 Å². The summed E-state index contributed by atoms with van der Waals surface area (Å²) in [7, 11) is 0. The second-order valence-corrected chi connectivity index (χ2v) is 12.6.